The summed E-state index contributed by atoms with van der Waals surface area (Å²) in [6.07, 6.45) is 20.0. The number of esters is 3. The van der Waals surface area contributed by atoms with E-state index >= 15 is 0 Å². The van der Waals surface area contributed by atoms with Gasteiger partial charge in [0.25, 0.3) is 46.2 Å². The first-order valence-corrected chi connectivity index (χ1v) is 40.2. The van der Waals surface area contributed by atoms with Crippen LogP contribution in [0.1, 0.15) is 203 Å². The Morgan fingerprint density at radius 3 is 1.28 bits per heavy atom. The minimum Gasteiger partial charge on any atom is -1.00 e. The second-order valence-electron chi connectivity index (χ2n) is 29.5. The van der Waals surface area contributed by atoms with E-state index in [9.17, 15) is 63.4 Å². The highest BCUT2D eigenvalue weighted by molar-refractivity contribution is 6.67. The second-order valence-corrected chi connectivity index (χ2v) is 30.2. The van der Waals surface area contributed by atoms with E-state index in [-0.39, 0.29) is 89.3 Å². The summed E-state index contributed by atoms with van der Waals surface area (Å²) in [6, 6.07) is 26.6. The minimum absolute atomic E-state index is 0. The van der Waals surface area contributed by atoms with Crippen molar-refractivity contribution < 1.29 is 92.0 Å². The van der Waals surface area contributed by atoms with Gasteiger partial charge < -0.3 is 88.1 Å². The molecule has 16 rings (SSSR count). The molecule has 38 heteroatoms. The van der Waals surface area contributed by atoms with Gasteiger partial charge in [-0.1, -0.05) is 41.9 Å². The number of nitro benzene ring substituents is 2. The summed E-state index contributed by atoms with van der Waals surface area (Å²) in [7, 11) is 0. The van der Waals surface area contributed by atoms with Gasteiger partial charge in [-0.15, -0.1) is 0 Å². The number of aryl methyl sites for hydroxylation is 7. The normalized spacial score (nSPS) is 14.6. The standard InChI is InChI=1S/C21H23N5O3.2C11H12N2O3.2C11H14N2O.C10H10ClN3O2.C8H6ClNO3.C3H7N.2ClH/c1-4-29-21(28)16-10-26-18(13(16)3)19(22-11-23-26)25-17-9-14(6-5-12(17)2)20(27)24-15-7-8-15;1-7-2-3-8(6-10(7)13(15)16)11(14)12-9-4-5-9;1-3-16-11(15)7-4-8-9(6(7)2)10(14)13-5-12-8;2*1-7-2-3-8(6-10(7)12)11(14)13-9-4-5-9;1-3-16-10(15)7-4-14-8(6(7)2)9(11)12-5-13-14;1-5-2-3-6(8(9)11)4-7(5)10(12)13;4-3-1-2-3;;/h5-6,9-11,15H,4,7-8H2,1-3H3,(H,24,27)(H,22,23,25);2-3,6,9H,4-5H2,1H3,(H,12,14);4-5,8H,3H2,1-2H3,(H,12,13,14);2*2-3,6,9H,4-5,12H2,1H3,(H,13,14);4-5H,3H2,1-2H3;2-4H,1H3;3H,1-2,4H2;2*1H/p-2. The molecule has 34 nitrogen and oxygen atoms in total. The number of ether oxygens (including phenoxy) is 3. The Balaban J connectivity index is 0.000000200. The monoisotopic (exact) mass is 1780 g/mol. The van der Waals surface area contributed by atoms with E-state index in [1.807, 2.05) is 70.2 Å². The van der Waals surface area contributed by atoms with Crippen LogP contribution < -0.4 is 73.9 Å². The molecule has 7 aliphatic rings. The van der Waals surface area contributed by atoms with E-state index in [0.29, 0.717) is 139 Å². The molecule has 5 amide bonds. The van der Waals surface area contributed by atoms with Crippen LogP contribution in [0, 0.1) is 68.7 Å². The molecule has 0 saturated heterocycles. The number of hydrogen-bond acceptors (Lipinski definition) is 25. The molecule has 5 heterocycles. The molecule has 6 aliphatic carbocycles. The number of nitro groups is 2. The number of nitrogen functional groups attached to an aromatic ring is 2. The molecule has 658 valence electrons. The summed E-state index contributed by atoms with van der Waals surface area (Å²) in [4.78, 5) is 137. The number of anilines is 4. The first-order chi connectivity index (χ1) is 58.1. The lowest BCUT2D eigenvalue weighted by molar-refractivity contribution is -0.385. The van der Waals surface area contributed by atoms with E-state index in [1.54, 1.807) is 95.7 Å². The number of carbonyl (C=O) groups excluding carboxylic acids is 9. The third-order valence-electron chi connectivity index (χ3n) is 19.6. The fourth-order valence-corrected chi connectivity index (χ4v) is 12.0. The summed E-state index contributed by atoms with van der Waals surface area (Å²) in [6.45, 7) is 20.7. The number of aromatic nitrogens is 6. The molecule has 1 atom stereocenters. The van der Waals surface area contributed by atoms with Crippen LogP contribution in [0.2, 0.25) is 5.15 Å². The Hall–Kier alpha value is -12.8. The Bertz CT molecular complexity index is 5520. The van der Waals surface area contributed by atoms with Crippen molar-refractivity contribution in [2.24, 2.45) is 10.7 Å². The van der Waals surface area contributed by atoms with Crippen molar-refractivity contribution in [2.45, 2.75) is 177 Å². The molecule has 4 aromatic heterocycles. The molecule has 5 aromatic carbocycles. The molecule has 9 aromatic rings. The number of carbonyl (C=O) groups is 9. The second kappa shape index (κ2) is 45.4. The molecule has 0 bridgehead atoms. The fraction of sp³-hybridized carbons (Fsp3) is 0.349. The highest BCUT2D eigenvalue weighted by atomic mass is 35.5. The summed E-state index contributed by atoms with van der Waals surface area (Å²) in [5.74, 6) is -1.15. The molecule has 1 aliphatic heterocycles. The first-order valence-electron chi connectivity index (χ1n) is 39.5. The van der Waals surface area contributed by atoms with Gasteiger partial charge in [-0.25, -0.2) is 33.4 Å². The zero-order valence-corrected chi connectivity index (χ0v) is 73.1. The smallest absolute Gasteiger partial charge is 0.340 e. The third kappa shape index (κ3) is 27.9. The largest absolute Gasteiger partial charge is 1.00 e. The van der Waals surface area contributed by atoms with Gasteiger partial charge in [-0.2, -0.15) is 10.2 Å². The molecule has 0 spiro atoms. The summed E-state index contributed by atoms with van der Waals surface area (Å²) >= 11 is 11.1. The highest BCUT2D eigenvalue weighted by Gasteiger charge is 2.35. The van der Waals surface area contributed by atoms with Crippen LogP contribution >= 0.6 is 23.2 Å². The van der Waals surface area contributed by atoms with Crippen molar-refractivity contribution in [2.75, 3.05) is 36.6 Å². The SMILES string of the molecule is CCOC(=O)C1=CC2N=CNC(=O)C2=C1C.CCOC(=O)c1cn2ncnc(Cl)c2c1C.CCOC(=O)c1cn2ncnc(Nc3cc(C(=O)NC4CC4)ccc3C)c2c1C.Cc1ccc(C(=O)Cl)cc1[N+](=O)[O-].Cc1ccc(C(=O)NC2CC2)cc1N.Cc1ccc(C(=O)NC2CC2)cc1N.Cc1ccc(C(=O)NC2CC2)cc1[N+](=O)[O-].NC1CC1.[Cl-].[Cl-]. The highest BCUT2D eigenvalue weighted by Crippen LogP contribution is 2.33. The number of rotatable bonds is 19. The topological polar surface area (TPSA) is 491 Å². The van der Waals surface area contributed by atoms with E-state index < -0.39 is 27.0 Å². The Morgan fingerprint density at radius 1 is 0.524 bits per heavy atom. The molecule has 5 fully saturated rings. The van der Waals surface area contributed by atoms with Crippen LogP contribution in [0.15, 0.2) is 144 Å². The van der Waals surface area contributed by atoms with Crippen molar-refractivity contribution in [1.29, 1.82) is 0 Å². The predicted molar refractivity (Wildman–Crippen MR) is 461 cm³/mol. The molecular formula is C86H98Cl4N18O16-2. The van der Waals surface area contributed by atoms with Crippen molar-refractivity contribution in [3.63, 3.8) is 0 Å². The van der Waals surface area contributed by atoms with E-state index in [0.717, 1.165) is 84.9 Å². The maximum atomic E-state index is 12.4. The van der Waals surface area contributed by atoms with Crippen LogP contribution in [0.25, 0.3) is 11.0 Å². The Morgan fingerprint density at radius 2 is 0.895 bits per heavy atom. The zero-order chi connectivity index (χ0) is 88.9. The molecule has 0 radical (unpaired) electrons. The van der Waals surface area contributed by atoms with E-state index in [1.165, 1.54) is 60.6 Å². The number of nitrogens with two attached hydrogens (primary N) is 3. The van der Waals surface area contributed by atoms with Gasteiger partial charge in [0, 0.05) is 116 Å². The van der Waals surface area contributed by atoms with Crippen LogP contribution in [-0.4, -0.2) is 154 Å². The van der Waals surface area contributed by atoms with Crippen LogP contribution in [-0.2, 0) is 23.8 Å². The van der Waals surface area contributed by atoms with Gasteiger partial charge in [0.05, 0.1) is 52.7 Å². The van der Waals surface area contributed by atoms with Gasteiger partial charge in [-0.05, 0) is 240 Å². The fourth-order valence-electron chi connectivity index (χ4n) is 11.6. The average Bonchev–Trinajstić information content (AvgIpc) is 1.63. The number of fused-ring (bicyclic) bond motifs is 3. The van der Waals surface area contributed by atoms with E-state index in [4.69, 9.17) is 54.6 Å². The molecule has 12 N–H and O–H groups in total. The number of nitrogens with one attached hydrogen (secondary N) is 6. The van der Waals surface area contributed by atoms with Crippen LogP contribution in [0.3, 0.4) is 0 Å². The van der Waals surface area contributed by atoms with Crippen molar-refractivity contribution in [3.8, 4) is 0 Å². The van der Waals surface area contributed by atoms with Gasteiger partial charge in [0.15, 0.2) is 11.0 Å². The van der Waals surface area contributed by atoms with Crippen molar-refractivity contribution in [3.05, 3.63) is 242 Å². The number of amides is 5. The zero-order valence-electron chi connectivity index (χ0n) is 70.1. The Kier molecular flexibility index (Phi) is 36.0. The lowest BCUT2D eigenvalue weighted by Crippen LogP contribution is -3.00. The van der Waals surface area contributed by atoms with Crippen LogP contribution in [0.4, 0.5) is 34.3 Å². The number of aliphatic imine (C=N–C) groups is 1. The molecule has 1 unspecified atom stereocenters. The maximum Gasteiger partial charge on any atom is 0.340 e. The summed E-state index contributed by atoms with van der Waals surface area (Å²) in [5.41, 5.74) is 30.4. The number of halogens is 4. The van der Waals surface area contributed by atoms with Crippen LogP contribution in [0.5, 0.6) is 0 Å². The van der Waals surface area contributed by atoms with Crippen molar-refractivity contribution >= 4 is 128 Å². The predicted octanol–water partition coefficient (Wildman–Crippen LogP) is 6.49. The summed E-state index contributed by atoms with van der Waals surface area (Å²) < 4.78 is 18.1. The quantitative estimate of drug-likeness (QED) is 0.0104. The number of benzene rings is 5. The first kappa shape index (κ1) is 98.4. The van der Waals surface area contributed by atoms with E-state index in [2.05, 4.69) is 57.1 Å². The maximum absolute atomic E-state index is 12.4. The molecule has 5 saturated carbocycles. The van der Waals surface area contributed by atoms with Crippen molar-refractivity contribution in [1.82, 2.24) is 55.8 Å². The molecular weight excluding hydrogens is 1680 g/mol. The Labute approximate surface area is 737 Å². The third-order valence-corrected chi connectivity index (χ3v) is 20.1. The summed E-state index contributed by atoms with van der Waals surface area (Å²) in [5, 5.41) is 46.4. The van der Waals surface area contributed by atoms with Gasteiger partial charge in [0.1, 0.15) is 29.7 Å². The minimum atomic E-state index is -0.692. The lowest BCUT2D eigenvalue weighted by atomic mass is 10.1. The number of hydrogen-bond donors (Lipinski definition) is 9. The number of nitrogens with zero attached hydrogens (tertiary/aromatic N) is 9. The van der Waals surface area contributed by atoms with Gasteiger partial charge in [-0.3, -0.25) is 54.0 Å². The van der Waals surface area contributed by atoms with Gasteiger partial charge >= 0.3 is 17.9 Å². The lowest BCUT2D eigenvalue weighted by Gasteiger charge is -2.13. The molecule has 124 heavy (non-hydrogen) atoms. The van der Waals surface area contributed by atoms with Gasteiger partial charge in [0.2, 0.25) is 0 Å². The average molecular weight is 1780 g/mol.